The highest BCUT2D eigenvalue weighted by Crippen LogP contribution is 2.24. The van der Waals surface area contributed by atoms with Crippen molar-refractivity contribution in [2.24, 2.45) is 0 Å². The zero-order valence-corrected chi connectivity index (χ0v) is 11.6. The molecule has 3 rings (SSSR count). The van der Waals surface area contributed by atoms with Gasteiger partial charge in [-0.05, 0) is 24.6 Å². The summed E-state index contributed by atoms with van der Waals surface area (Å²) in [5.74, 6) is 0. The molecule has 0 unspecified atom stereocenters. The highest BCUT2D eigenvalue weighted by Gasteiger charge is 2.11. The van der Waals surface area contributed by atoms with Gasteiger partial charge in [-0.25, -0.2) is 0 Å². The van der Waals surface area contributed by atoms with Crippen molar-refractivity contribution in [2.75, 3.05) is 17.7 Å². The number of aryl methyl sites for hydroxylation is 1. The average molecular weight is 267 g/mol. The Morgan fingerprint density at radius 3 is 2.85 bits per heavy atom. The molecule has 0 aliphatic heterocycles. The van der Waals surface area contributed by atoms with E-state index in [1.807, 2.05) is 24.1 Å². The van der Waals surface area contributed by atoms with E-state index in [9.17, 15) is 0 Å². The van der Waals surface area contributed by atoms with Gasteiger partial charge in [0.05, 0.1) is 0 Å². The number of benzene rings is 2. The van der Waals surface area contributed by atoms with Crippen LogP contribution in [-0.4, -0.2) is 12.0 Å². The lowest BCUT2D eigenvalue weighted by Gasteiger charge is -2.14. The topological polar surface area (TPSA) is 55.3 Å². The van der Waals surface area contributed by atoms with E-state index in [1.54, 1.807) is 6.07 Å². The molecule has 4 heteroatoms. The monoisotopic (exact) mass is 267 g/mol. The van der Waals surface area contributed by atoms with Crippen LogP contribution in [0, 0.1) is 6.92 Å². The highest BCUT2D eigenvalue weighted by molar-refractivity contribution is 5.78. The minimum absolute atomic E-state index is 0.604. The molecule has 102 valence electrons. The first-order valence-electron chi connectivity index (χ1n) is 6.54. The van der Waals surface area contributed by atoms with E-state index in [1.165, 1.54) is 11.1 Å². The van der Waals surface area contributed by atoms with Gasteiger partial charge in [0.2, 0.25) is 0 Å². The summed E-state index contributed by atoms with van der Waals surface area (Å²) in [6.07, 6.45) is 0. The third kappa shape index (κ3) is 2.45. The van der Waals surface area contributed by atoms with Crippen LogP contribution in [0.3, 0.4) is 0 Å². The van der Waals surface area contributed by atoms with Gasteiger partial charge in [0, 0.05) is 25.3 Å². The molecule has 0 aliphatic carbocycles. The van der Waals surface area contributed by atoms with Crippen molar-refractivity contribution in [3.8, 4) is 0 Å². The molecule has 0 spiro atoms. The van der Waals surface area contributed by atoms with Crippen LogP contribution >= 0.6 is 0 Å². The van der Waals surface area contributed by atoms with Gasteiger partial charge in [0.25, 0.3) is 6.01 Å². The van der Waals surface area contributed by atoms with E-state index in [-0.39, 0.29) is 0 Å². The van der Waals surface area contributed by atoms with Gasteiger partial charge < -0.3 is 15.1 Å². The summed E-state index contributed by atoms with van der Waals surface area (Å²) in [5.41, 5.74) is 10.5. The zero-order chi connectivity index (χ0) is 14.1. The molecule has 1 aromatic heterocycles. The summed E-state index contributed by atoms with van der Waals surface area (Å²) in [7, 11) is 1.97. The minimum atomic E-state index is 0.604. The molecule has 0 saturated carbocycles. The third-order valence-electron chi connectivity index (χ3n) is 3.23. The van der Waals surface area contributed by atoms with Crippen molar-refractivity contribution in [1.29, 1.82) is 0 Å². The van der Waals surface area contributed by atoms with E-state index < -0.39 is 0 Å². The molecule has 0 fully saturated rings. The van der Waals surface area contributed by atoms with Crippen molar-refractivity contribution < 1.29 is 4.42 Å². The second-order valence-electron chi connectivity index (χ2n) is 5.07. The number of anilines is 2. The number of fused-ring (bicyclic) bond motifs is 1. The van der Waals surface area contributed by atoms with Crippen LogP contribution in [-0.2, 0) is 6.54 Å². The van der Waals surface area contributed by atoms with Gasteiger partial charge in [-0.15, -0.1) is 0 Å². The van der Waals surface area contributed by atoms with Gasteiger partial charge in [-0.3, -0.25) is 0 Å². The maximum absolute atomic E-state index is 5.75. The van der Waals surface area contributed by atoms with Crippen LogP contribution in [0.4, 0.5) is 11.7 Å². The molecule has 0 amide bonds. The van der Waals surface area contributed by atoms with Gasteiger partial charge in [0.1, 0.15) is 5.52 Å². The Morgan fingerprint density at radius 2 is 2.05 bits per heavy atom. The van der Waals surface area contributed by atoms with Crippen LogP contribution in [0.15, 0.2) is 46.9 Å². The standard InChI is InChI=1S/C16H17N3O/c1-11-4-3-5-12(8-11)10-19(2)16-18-14-7-6-13(17)9-15(14)20-16/h3-9H,10,17H2,1-2H3. The molecule has 0 bridgehead atoms. The predicted molar refractivity (Wildman–Crippen MR) is 81.7 cm³/mol. The normalized spacial score (nSPS) is 10.9. The molecule has 0 aliphatic rings. The SMILES string of the molecule is Cc1cccc(CN(C)c2nc3ccc(N)cc3o2)c1. The molecular weight excluding hydrogens is 250 g/mol. The molecule has 1 heterocycles. The lowest BCUT2D eigenvalue weighted by atomic mass is 10.1. The third-order valence-corrected chi connectivity index (χ3v) is 3.23. The van der Waals surface area contributed by atoms with Crippen molar-refractivity contribution in [3.63, 3.8) is 0 Å². The molecule has 20 heavy (non-hydrogen) atoms. The first-order valence-corrected chi connectivity index (χ1v) is 6.54. The number of nitrogens with two attached hydrogens (primary N) is 1. The van der Waals surface area contributed by atoms with Gasteiger partial charge >= 0.3 is 0 Å². The molecule has 2 aromatic carbocycles. The number of oxazole rings is 1. The first-order chi connectivity index (χ1) is 9.61. The summed E-state index contributed by atoms with van der Waals surface area (Å²) in [6, 6.07) is 14.5. The average Bonchev–Trinajstić information content (AvgIpc) is 2.81. The maximum Gasteiger partial charge on any atom is 0.298 e. The fraction of sp³-hybridized carbons (Fsp3) is 0.188. The summed E-state index contributed by atoms with van der Waals surface area (Å²) >= 11 is 0. The quantitative estimate of drug-likeness (QED) is 0.739. The molecule has 0 radical (unpaired) electrons. The Kier molecular flexibility index (Phi) is 3.06. The van der Waals surface area contributed by atoms with E-state index in [2.05, 4.69) is 36.2 Å². The number of nitrogen functional groups attached to an aromatic ring is 1. The Labute approximate surface area is 117 Å². The molecule has 0 atom stereocenters. The van der Waals surface area contributed by atoms with Crippen molar-refractivity contribution in [1.82, 2.24) is 4.98 Å². The predicted octanol–water partition coefficient (Wildman–Crippen LogP) is 3.35. The smallest absolute Gasteiger partial charge is 0.298 e. The lowest BCUT2D eigenvalue weighted by Crippen LogP contribution is -2.16. The van der Waals surface area contributed by atoms with Crippen molar-refractivity contribution in [2.45, 2.75) is 13.5 Å². The fourth-order valence-electron chi connectivity index (χ4n) is 2.24. The summed E-state index contributed by atoms with van der Waals surface area (Å²) < 4.78 is 5.75. The number of hydrogen-bond acceptors (Lipinski definition) is 4. The summed E-state index contributed by atoms with van der Waals surface area (Å²) in [4.78, 5) is 6.47. The van der Waals surface area contributed by atoms with Crippen molar-refractivity contribution >= 4 is 22.8 Å². The van der Waals surface area contributed by atoms with Crippen LogP contribution < -0.4 is 10.6 Å². The maximum atomic E-state index is 5.75. The Bertz CT molecular complexity index is 748. The molecule has 0 saturated heterocycles. The van der Waals surface area contributed by atoms with E-state index in [0.29, 0.717) is 11.7 Å². The van der Waals surface area contributed by atoms with Gasteiger partial charge in [0.15, 0.2) is 5.58 Å². The fourth-order valence-corrected chi connectivity index (χ4v) is 2.24. The molecule has 4 nitrogen and oxygen atoms in total. The number of hydrogen-bond donors (Lipinski definition) is 1. The summed E-state index contributed by atoms with van der Waals surface area (Å²) in [6.45, 7) is 2.84. The lowest BCUT2D eigenvalue weighted by molar-refractivity contribution is 0.582. The second-order valence-corrected chi connectivity index (χ2v) is 5.07. The molecule has 2 N–H and O–H groups in total. The minimum Gasteiger partial charge on any atom is -0.423 e. The van der Waals surface area contributed by atoms with E-state index in [0.717, 1.165) is 17.6 Å². The molecule has 3 aromatic rings. The van der Waals surface area contributed by atoms with E-state index >= 15 is 0 Å². The highest BCUT2D eigenvalue weighted by atomic mass is 16.4. The Hall–Kier alpha value is -2.49. The zero-order valence-electron chi connectivity index (χ0n) is 11.6. The van der Waals surface area contributed by atoms with Crippen LogP contribution in [0.5, 0.6) is 0 Å². The second kappa shape index (κ2) is 4.89. The Morgan fingerprint density at radius 1 is 1.20 bits per heavy atom. The number of aromatic nitrogens is 1. The molecular formula is C16H17N3O. The number of rotatable bonds is 3. The van der Waals surface area contributed by atoms with Crippen LogP contribution in [0.1, 0.15) is 11.1 Å². The largest absolute Gasteiger partial charge is 0.423 e. The van der Waals surface area contributed by atoms with Crippen LogP contribution in [0.25, 0.3) is 11.1 Å². The van der Waals surface area contributed by atoms with Crippen LogP contribution in [0.2, 0.25) is 0 Å². The first kappa shape index (κ1) is 12.5. The summed E-state index contributed by atoms with van der Waals surface area (Å²) in [5, 5.41) is 0. The van der Waals surface area contributed by atoms with E-state index in [4.69, 9.17) is 10.2 Å². The van der Waals surface area contributed by atoms with Crippen molar-refractivity contribution in [3.05, 3.63) is 53.6 Å². The van der Waals surface area contributed by atoms with Gasteiger partial charge in [-0.1, -0.05) is 29.8 Å². The Balaban J connectivity index is 1.86. The van der Waals surface area contributed by atoms with Gasteiger partial charge in [-0.2, -0.15) is 4.98 Å². The number of nitrogens with zero attached hydrogens (tertiary/aromatic N) is 2.